The van der Waals surface area contributed by atoms with Gasteiger partial charge in [-0.3, -0.25) is 0 Å². The fourth-order valence-corrected chi connectivity index (χ4v) is 3.28. The van der Waals surface area contributed by atoms with Crippen molar-refractivity contribution in [1.29, 1.82) is 0 Å². The van der Waals surface area contributed by atoms with Crippen LogP contribution >= 0.6 is 22.9 Å². The van der Waals surface area contributed by atoms with Gasteiger partial charge in [0, 0.05) is 31.6 Å². The first-order valence-corrected chi connectivity index (χ1v) is 8.45. The zero-order valence-corrected chi connectivity index (χ0v) is 13.6. The molecule has 1 saturated heterocycles. The highest BCUT2D eigenvalue weighted by Crippen LogP contribution is 2.25. The number of anilines is 1. The minimum atomic E-state index is -0.0354. The third kappa shape index (κ3) is 3.51. The summed E-state index contributed by atoms with van der Waals surface area (Å²) in [6.07, 6.45) is 0. The summed E-state index contributed by atoms with van der Waals surface area (Å²) < 4.78 is 0. The van der Waals surface area contributed by atoms with Crippen LogP contribution in [0.3, 0.4) is 0 Å². The van der Waals surface area contributed by atoms with E-state index in [4.69, 9.17) is 11.6 Å². The minimum Gasteiger partial charge on any atom is -0.367 e. The average Bonchev–Trinajstić information content (AvgIpc) is 3.07. The molecule has 1 N–H and O–H groups in total. The van der Waals surface area contributed by atoms with Gasteiger partial charge < -0.3 is 15.1 Å². The number of piperazine rings is 1. The van der Waals surface area contributed by atoms with Gasteiger partial charge in [-0.15, -0.1) is 11.3 Å². The number of para-hydroxylation sites is 1. The summed E-state index contributed by atoms with van der Waals surface area (Å²) in [5, 5.41) is 5.60. The van der Waals surface area contributed by atoms with Gasteiger partial charge in [0.1, 0.15) is 0 Å². The van der Waals surface area contributed by atoms with Crippen LogP contribution in [0.1, 0.15) is 5.69 Å². The van der Waals surface area contributed by atoms with E-state index in [0.717, 1.165) is 29.5 Å². The van der Waals surface area contributed by atoms with Crippen molar-refractivity contribution in [2.24, 2.45) is 0 Å². The van der Waals surface area contributed by atoms with E-state index in [1.807, 2.05) is 34.5 Å². The van der Waals surface area contributed by atoms with Crippen LogP contribution in [0, 0.1) is 0 Å². The highest BCUT2D eigenvalue weighted by molar-refractivity contribution is 7.07. The van der Waals surface area contributed by atoms with Crippen LogP contribution in [-0.4, -0.2) is 42.1 Å². The number of amides is 2. The van der Waals surface area contributed by atoms with Crippen LogP contribution in [0.25, 0.3) is 0 Å². The van der Waals surface area contributed by atoms with Crippen LogP contribution in [0.2, 0.25) is 5.02 Å². The van der Waals surface area contributed by atoms with Crippen LogP contribution in [0.4, 0.5) is 10.5 Å². The number of aromatic nitrogens is 1. The predicted molar refractivity (Wildman–Crippen MR) is 89.6 cm³/mol. The molecule has 7 heteroatoms. The van der Waals surface area contributed by atoms with Crippen molar-refractivity contribution in [2.75, 3.05) is 31.1 Å². The fraction of sp³-hybridized carbons (Fsp3) is 0.333. The second kappa shape index (κ2) is 6.98. The second-order valence-electron chi connectivity index (χ2n) is 5.06. The molecule has 1 aliphatic heterocycles. The van der Waals surface area contributed by atoms with Crippen molar-refractivity contribution in [1.82, 2.24) is 15.2 Å². The summed E-state index contributed by atoms with van der Waals surface area (Å²) in [6, 6.07) is 7.78. The molecule has 0 aliphatic carbocycles. The molecule has 3 rings (SSSR count). The quantitative estimate of drug-likeness (QED) is 0.937. The first-order chi connectivity index (χ1) is 10.7. The molecule has 0 bridgehead atoms. The number of halogens is 1. The Morgan fingerprint density at radius 3 is 2.73 bits per heavy atom. The van der Waals surface area contributed by atoms with Crippen molar-refractivity contribution in [3.05, 3.63) is 45.9 Å². The Kier molecular flexibility index (Phi) is 4.80. The van der Waals surface area contributed by atoms with Gasteiger partial charge >= 0.3 is 6.03 Å². The maximum atomic E-state index is 12.1. The molecule has 116 valence electrons. The highest BCUT2D eigenvalue weighted by Gasteiger charge is 2.22. The summed E-state index contributed by atoms with van der Waals surface area (Å²) in [5.41, 5.74) is 3.70. The molecule has 22 heavy (non-hydrogen) atoms. The number of hydrogen-bond donors (Lipinski definition) is 1. The molecule has 0 unspecified atom stereocenters. The van der Waals surface area contributed by atoms with E-state index in [2.05, 4.69) is 15.2 Å². The van der Waals surface area contributed by atoms with Crippen molar-refractivity contribution < 1.29 is 4.79 Å². The van der Waals surface area contributed by atoms with Gasteiger partial charge in [-0.05, 0) is 12.1 Å². The predicted octanol–water partition coefficient (Wildman–Crippen LogP) is 2.83. The van der Waals surface area contributed by atoms with Crippen molar-refractivity contribution in [3.63, 3.8) is 0 Å². The lowest BCUT2D eigenvalue weighted by Crippen LogP contribution is -2.51. The summed E-state index contributed by atoms with van der Waals surface area (Å²) in [4.78, 5) is 20.4. The van der Waals surface area contributed by atoms with Crippen LogP contribution in [0.15, 0.2) is 35.2 Å². The maximum absolute atomic E-state index is 12.1. The van der Waals surface area contributed by atoms with E-state index in [1.165, 1.54) is 11.3 Å². The third-order valence-electron chi connectivity index (χ3n) is 3.66. The fourth-order valence-electron chi connectivity index (χ4n) is 2.46. The molecule has 1 aromatic heterocycles. The minimum absolute atomic E-state index is 0.0354. The van der Waals surface area contributed by atoms with E-state index in [-0.39, 0.29) is 6.03 Å². The highest BCUT2D eigenvalue weighted by atomic mass is 35.5. The number of thiazole rings is 1. The molecule has 0 radical (unpaired) electrons. The maximum Gasteiger partial charge on any atom is 0.317 e. The van der Waals surface area contributed by atoms with Crippen molar-refractivity contribution in [2.45, 2.75) is 6.54 Å². The summed E-state index contributed by atoms with van der Waals surface area (Å²) in [7, 11) is 0. The normalized spacial score (nSPS) is 15.0. The lowest BCUT2D eigenvalue weighted by Gasteiger charge is -2.36. The van der Waals surface area contributed by atoms with Gasteiger partial charge in [0.15, 0.2) is 0 Å². The number of rotatable bonds is 3. The first kappa shape index (κ1) is 15.1. The smallest absolute Gasteiger partial charge is 0.317 e. The topological polar surface area (TPSA) is 48.5 Å². The van der Waals surface area contributed by atoms with Gasteiger partial charge in [-0.1, -0.05) is 23.7 Å². The lowest BCUT2D eigenvalue weighted by molar-refractivity contribution is 0.194. The second-order valence-corrected chi connectivity index (χ2v) is 6.19. The van der Waals surface area contributed by atoms with Crippen molar-refractivity contribution in [3.8, 4) is 0 Å². The van der Waals surface area contributed by atoms with E-state index < -0.39 is 0 Å². The molecule has 5 nitrogen and oxygen atoms in total. The van der Waals surface area contributed by atoms with Gasteiger partial charge in [0.25, 0.3) is 0 Å². The van der Waals surface area contributed by atoms with E-state index in [9.17, 15) is 4.79 Å². The van der Waals surface area contributed by atoms with E-state index >= 15 is 0 Å². The number of nitrogens with one attached hydrogen (secondary N) is 1. The molecule has 1 aliphatic rings. The molecule has 2 aromatic rings. The Labute approximate surface area is 138 Å². The molecule has 0 saturated carbocycles. The van der Waals surface area contributed by atoms with Crippen LogP contribution in [0.5, 0.6) is 0 Å². The third-order valence-corrected chi connectivity index (χ3v) is 4.62. The molecular formula is C15H17ClN4OS. The molecule has 1 aromatic carbocycles. The molecule has 0 spiro atoms. The molecule has 2 amide bonds. The van der Waals surface area contributed by atoms with Crippen LogP contribution in [-0.2, 0) is 6.54 Å². The van der Waals surface area contributed by atoms with Gasteiger partial charge in [-0.25, -0.2) is 9.78 Å². The molecule has 2 heterocycles. The number of carbonyl (C=O) groups excluding carboxylic acids is 1. The Hall–Kier alpha value is -1.79. The lowest BCUT2D eigenvalue weighted by atomic mass is 10.2. The number of hydrogen-bond acceptors (Lipinski definition) is 4. The van der Waals surface area contributed by atoms with E-state index in [1.54, 1.807) is 5.51 Å². The number of benzene rings is 1. The zero-order valence-electron chi connectivity index (χ0n) is 12.0. The number of nitrogens with zero attached hydrogens (tertiary/aromatic N) is 3. The van der Waals surface area contributed by atoms with E-state index in [0.29, 0.717) is 19.6 Å². The first-order valence-electron chi connectivity index (χ1n) is 7.13. The largest absolute Gasteiger partial charge is 0.367 e. The van der Waals surface area contributed by atoms with Gasteiger partial charge in [0.2, 0.25) is 0 Å². The Morgan fingerprint density at radius 1 is 1.27 bits per heavy atom. The van der Waals surface area contributed by atoms with Crippen LogP contribution < -0.4 is 10.2 Å². The Bertz CT molecular complexity index is 626. The Morgan fingerprint density at radius 2 is 2.05 bits per heavy atom. The average molecular weight is 337 g/mol. The molecule has 1 fully saturated rings. The summed E-state index contributed by atoms with van der Waals surface area (Å²) in [6.45, 7) is 3.43. The zero-order chi connectivity index (χ0) is 15.4. The van der Waals surface area contributed by atoms with Gasteiger partial charge in [-0.2, -0.15) is 0 Å². The molecular weight excluding hydrogens is 320 g/mol. The summed E-state index contributed by atoms with van der Waals surface area (Å²) in [5.74, 6) is 0. The van der Waals surface area contributed by atoms with Gasteiger partial charge in [0.05, 0.1) is 28.5 Å². The SMILES string of the molecule is O=C(NCc1cscn1)N1CCN(c2ccccc2Cl)CC1. The standard InChI is InChI=1S/C15H17ClN4OS/c16-13-3-1-2-4-14(13)19-5-7-20(8-6-19)15(21)17-9-12-10-22-11-18-12/h1-4,10-11H,5-9H2,(H,17,21). The molecule has 0 atom stereocenters. The monoisotopic (exact) mass is 336 g/mol. The Balaban J connectivity index is 1.51. The number of carbonyl (C=O) groups is 1. The number of urea groups is 1. The summed E-state index contributed by atoms with van der Waals surface area (Å²) >= 11 is 7.75. The van der Waals surface area contributed by atoms with Crippen molar-refractivity contribution >= 4 is 34.7 Å².